The summed E-state index contributed by atoms with van der Waals surface area (Å²) >= 11 is 0. The van der Waals surface area contributed by atoms with Gasteiger partial charge in [-0.05, 0) is 60.2 Å². The summed E-state index contributed by atoms with van der Waals surface area (Å²) < 4.78 is 34.6. The Morgan fingerprint density at radius 1 is 0.455 bits per heavy atom. The van der Waals surface area contributed by atoms with Crippen molar-refractivity contribution in [3.63, 3.8) is 0 Å². The summed E-state index contributed by atoms with van der Waals surface area (Å²) in [6, 6.07) is 0. The number of rotatable bonds is 40. The van der Waals surface area contributed by atoms with Gasteiger partial charge in [0.05, 0.1) is 26.4 Å². The predicted molar refractivity (Wildman–Crippen MR) is 232 cm³/mol. The van der Waals surface area contributed by atoms with Gasteiger partial charge in [-0.2, -0.15) is 0 Å². The van der Waals surface area contributed by atoms with Crippen LogP contribution in [0.2, 0.25) is 0 Å². The van der Waals surface area contributed by atoms with E-state index in [2.05, 4.69) is 69.2 Å². The molecule has 0 aromatic carbocycles. The molecule has 0 aromatic rings. The van der Waals surface area contributed by atoms with Crippen molar-refractivity contribution in [1.29, 1.82) is 0 Å². The summed E-state index contributed by atoms with van der Waals surface area (Å²) in [5, 5.41) is 18.5. The van der Waals surface area contributed by atoms with Crippen LogP contribution in [-0.4, -0.2) is 67.0 Å². The van der Waals surface area contributed by atoms with Crippen molar-refractivity contribution in [3.8, 4) is 0 Å². The molecular formula is C46H95O8P. The third kappa shape index (κ3) is 36.7. The zero-order chi connectivity index (χ0) is 41.5. The summed E-state index contributed by atoms with van der Waals surface area (Å²) in [7, 11) is -4.42. The molecule has 3 N–H and O–H groups in total. The van der Waals surface area contributed by atoms with Crippen LogP contribution in [0.4, 0.5) is 0 Å². The summed E-state index contributed by atoms with van der Waals surface area (Å²) in [4.78, 5) is 10.1. The molecular weight excluding hydrogens is 711 g/mol. The van der Waals surface area contributed by atoms with Crippen molar-refractivity contribution in [2.75, 3.05) is 39.6 Å². The average Bonchev–Trinajstić information content (AvgIpc) is 3.10. The van der Waals surface area contributed by atoms with E-state index < -0.39 is 33.2 Å². The highest BCUT2D eigenvalue weighted by Crippen LogP contribution is 2.43. The molecule has 0 aliphatic rings. The van der Waals surface area contributed by atoms with E-state index >= 15 is 0 Å². The SMILES string of the molecule is CC(C)CCC[C@@H](C)CCC[C@@H](C)CCC[C@@H](C)CCOC[C@@H](COP(=O)(O)OC[C@H](O)CO)OCC[C@H](C)CCC[C@H](C)CCC[C@H](C)CCCC(C)C. The molecule has 55 heavy (non-hydrogen) atoms. The van der Waals surface area contributed by atoms with Crippen LogP contribution in [0.25, 0.3) is 0 Å². The minimum atomic E-state index is -4.42. The monoisotopic (exact) mass is 807 g/mol. The van der Waals surface area contributed by atoms with E-state index in [0.717, 1.165) is 54.8 Å². The second kappa shape index (κ2) is 34.8. The van der Waals surface area contributed by atoms with Gasteiger partial charge in [0, 0.05) is 13.2 Å². The Labute approximate surface area is 342 Å². The van der Waals surface area contributed by atoms with Gasteiger partial charge in [-0.15, -0.1) is 0 Å². The molecule has 8 nitrogen and oxygen atoms in total. The lowest BCUT2D eigenvalue weighted by atomic mass is 9.91. The molecule has 0 bridgehead atoms. The van der Waals surface area contributed by atoms with Gasteiger partial charge >= 0.3 is 7.82 Å². The summed E-state index contributed by atoms with van der Waals surface area (Å²) in [6.07, 6.45) is 23.7. The molecule has 0 amide bonds. The van der Waals surface area contributed by atoms with Crippen LogP contribution in [0, 0.1) is 47.3 Å². The van der Waals surface area contributed by atoms with E-state index in [-0.39, 0.29) is 13.2 Å². The van der Waals surface area contributed by atoms with Crippen LogP contribution in [0.1, 0.15) is 198 Å². The van der Waals surface area contributed by atoms with Crippen molar-refractivity contribution in [2.24, 2.45) is 47.3 Å². The molecule has 0 saturated carbocycles. The zero-order valence-electron chi connectivity index (χ0n) is 38.0. The predicted octanol–water partition coefficient (Wildman–Crippen LogP) is 12.8. The van der Waals surface area contributed by atoms with E-state index in [4.69, 9.17) is 23.6 Å². The highest BCUT2D eigenvalue weighted by atomic mass is 31.2. The van der Waals surface area contributed by atoms with Crippen LogP contribution in [0.15, 0.2) is 0 Å². The lowest BCUT2D eigenvalue weighted by molar-refractivity contribution is -0.0492. The van der Waals surface area contributed by atoms with Crippen LogP contribution in [0.3, 0.4) is 0 Å². The van der Waals surface area contributed by atoms with Crippen molar-refractivity contribution < 1.29 is 38.2 Å². The topological polar surface area (TPSA) is 115 Å². The highest BCUT2D eigenvalue weighted by Gasteiger charge is 2.25. The Kier molecular flexibility index (Phi) is 34.7. The Hall–Kier alpha value is -0.0500. The molecule has 1 unspecified atom stereocenters. The maximum absolute atomic E-state index is 12.4. The lowest BCUT2D eigenvalue weighted by Gasteiger charge is -2.22. The fourth-order valence-corrected chi connectivity index (χ4v) is 8.19. The van der Waals surface area contributed by atoms with Crippen LogP contribution in [-0.2, 0) is 23.1 Å². The zero-order valence-corrected chi connectivity index (χ0v) is 38.9. The van der Waals surface area contributed by atoms with E-state index in [1.807, 2.05) is 0 Å². The third-order valence-electron chi connectivity index (χ3n) is 11.6. The fraction of sp³-hybridized carbons (Fsp3) is 1.00. The molecule has 0 heterocycles. The first-order valence-corrected chi connectivity index (χ1v) is 24.6. The maximum atomic E-state index is 12.4. The second-order valence-electron chi connectivity index (χ2n) is 19.0. The quantitative estimate of drug-likeness (QED) is 0.0414. The van der Waals surface area contributed by atoms with E-state index in [1.165, 1.54) is 109 Å². The molecule has 0 spiro atoms. The molecule has 0 saturated heterocycles. The van der Waals surface area contributed by atoms with Gasteiger partial charge in [0.25, 0.3) is 0 Å². The number of hydrogen-bond acceptors (Lipinski definition) is 7. The van der Waals surface area contributed by atoms with Crippen LogP contribution >= 0.6 is 7.82 Å². The Bertz CT molecular complexity index is 888. The van der Waals surface area contributed by atoms with Crippen LogP contribution in [0.5, 0.6) is 0 Å². The molecule has 0 fully saturated rings. The molecule has 9 heteroatoms. The summed E-state index contributed by atoms with van der Waals surface area (Å²) in [6.45, 7) is 23.7. The number of aliphatic hydroxyl groups excluding tert-OH is 2. The van der Waals surface area contributed by atoms with Crippen LogP contribution < -0.4 is 0 Å². The van der Waals surface area contributed by atoms with Gasteiger partial charge in [-0.1, -0.05) is 185 Å². The Morgan fingerprint density at radius 3 is 1.15 bits per heavy atom. The molecule has 9 atom stereocenters. The first kappa shape index (κ1) is 55.0. The molecule has 0 aromatic heterocycles. The molecule has 0 aliphatic carbocycles. The van der Waals surface area contributed by atoms with Gasteiger partial charge in [0.1, 0.15) is 12.2 Å². The van der Waals surface area contributed by atoms with Crippen molar-refractivity contribution in [3.05, 3.63) is 0 Å². The molecule has 0 radical (unpaired) electrons. The first-order valence-electron chi connectivity index (χ1n) is 23.1. The molecule has 0 rings (SSSR count). The standard InChI is InChI=1S/C46H95O8P/c1-37(2)17-11-19-39(5)21-13-23-41(7)25-15-27-43(9)29-31-51-35-46(36-54-55(49,50)53-34-45(48)33-47)52-32-30-44(10)28-16-26-42(8)24-14-22-40(6)20-12-18-38(3)4/h37-48H,11-36H2,1-10H3,(H,49,50)/t39-,40-,41-,42-,43-,44-,45-,46+/m1/s1. The minimum Gasteiger partial charge on any atom is -0.394 e. The normalized spacial score (nSPS) is 17.9. The van der Waals surface area contributed by atoms with Gasteiger partial charge in [0.15, 0.2) is 0 Å². The average molecular weight is 807 g/mol. The number of phosphoric acid groups is 1. The lowest BCUT2D eigenvalue weighted by Crippen LogP contribution is -2.27. The number of hydrogen-bond donors (Lipinski definition) is 3. The van der Waals surface area contributed by atoms with Gasteiger partial charge in [0.2, 0.25) is 0 Å². The third-order valence-corrected chi connectivity index (χ3v) is 12.6. The fourth-order valence-electron chi connectivity index (χ4n) is 7.40. The molecule has 0 aliphatic heterocycles. The first-order chi connectivity index (χ1) is 26.0. The van der Waals surface area contributed by atoms with Gasteiger partial charge in [-0.3, -0.25) is 9.05 Å². The Morgan fingerprint density at radius 2 is 0.782 bits per heavy atom. The van der Waals surface area contributed by atoms with Crippen molar-refractivity contribution >= 4 is 7.82 Å². The largest absolute Gasteiger partial charge is 0.472 e. The van der Waals surface area contributed by atoms with Gasteiger partial charge in [-0.25, -0.2) is 4.57 Å². The second-order valence-corrected chi connectivity index (χ2v) is 20.5. The van der Waals surface area contributed by atoms with E-state index in [1.54, 1.807) is 0 Å². The smallest absolute Gasteiger partial charge is 0.394 e. The highest BCUT2D eigenvalue weighted by molar-refractivity contribution is 7.47. The van der Waals surface area contributed by atoms with E-state index in [0.29, 0.717) is 25.0 Å². The Balaban J connectivity index is 4.50. The number of aliphatic hydroxyl groups is 2. The van der Waals surface area contributed by atoms with Crippen molar-refractivity contribution in [2.45, 2.75) is 210 Å². The molecule has 332 valence electrons. The maximum Gasteiger partial charge on any atom is 0.472 e. The number of phosphoric ester groups is 1. The minimum absolute atomic E-state index is 0.157. The van der Waals surface area contributed by atoms with E-state index in [9.17, 15) is 14.6 Å². The summed E-state index contributed by atoms with van der Waals surface area (Å²) in [5.74, 6) is 5.95. The van der Waals surface area contributed by atoms with Crippen molar-refractivity contribution in [1.82, 2.24) is 0 Å². The van der Waals surface area contributed by atoms with Gasteiger partial charge < -0.3 is 24.6 Å². The number of ether oxygens (including phenoxy) is 2. The summed E-state index contributed by atoms with van der Waals surface area (Å²) in [5.41, 5.74) is 0.